The van der Waals surface area contributed by atoms with Crippen LogP contribution in [0.2, 0.25) is 0 Å². The molecule has 0 bridgehead atoms. The molecule has 2 atom stereocenters. The Hall–Kier alpha value is -0.830. The summed E-state index contributed by atoms with van der Waals surface area (Å²) in [7, 11) is 0. The molecule has 3 nitrogen and oxygen atoms in total. The van der Waals surface area contributed by atoms with Gasteiger partial charge < -0.3 is 9.47 Å². The predicted octanol–water partition coefficient (Wildman–Crippen LogP) is 1.67. The molecule has 3 heteroatoms. The molecule has 0 N–H and O–H groups in total. The summed E-state index contributed by atoms with van der Waals surface area (Å²) in [5.74, 6) is -0.330. The van der Waals surface area contributed by atoms with Crippen molar-refractivity contribution in [3.8, 4) is 0 Å². The lowest BCUT2D eigenvalue weighted by atomic mass is 10.2. The average molecular weight is 184 g/mol. The van der Waals surface area contributed by atoms with Crippen LogP contribution >= 0.6 is 0 Å². The summed E-state index contributed by atoms with van der Waals surface area (Å²) in [4.78, 5) is 11.0. The van der Waals surface area contributed by atoms with E-state index in [9.17, 15) is 4.79 Å². The molecule has 74 valence electrons. The minimum atomic E-state index is -0.330. The highest BCUT2D eigenvalue weighted by Crippen LogP contribution is 2.19. The van der Waals surface area contributed by atoms with Gasteiger partial charge in [-0.2, -0.15) is 0 Å². The molecule has 1 aliphatic rings. The standard InChI is InChI=1S/C10H16O3/c1-7(2)10(11)12-6-9-5-4-8(3)13-9/h8-9H,1,4-6H2,2-3H3. The van der Waals surface area contributed by atoms with Crippen molar-refractivity contribution in [3.05, 3.63) is 12.2 Å². The summed E-state index contributed by atoms with van der Waals surface area (Å²) in [5, 5.41) is 0. The van der Waals surface area contributed by atoms with Crippen LogP contribution in [0, 0.1) is 0 Å². The molecule has 0 aromatic heterocycles. The molecule has 0 spiro atoms. The molecular formula is C10H16O3. The number of carbonyl (C=O) groups is 1. The molecule has 13 heavy (non-hydrogen) atoms. The van der Waals surface area contributed by atoms with Crippen LogP contribution in [0.25, 0.3) is 0 Å². The molecular weight excluding hydrogens is 168 g/mol. The second kappa shape index (κ2) is 4.42. The van der Waals surface area contributed by atoms with E-state index >= 15 is 0 Å². The zero-order valence-corrected chi connectivity index (χ0v) is 8.21. The maximum Gasteiger partial charge on any atom is 0.333 e. The fraction of sp³-hybridized carbons (Fsp3) is 0.700. The van der Waals surface area contributed by atoms with Gasteiger partial charge in [-0.05, 0) is 26.7 Å². The van der Waals surface area contributed by atoms with E-state index in [1.54, 1.807) is 6.92 Å². The van der Waals surface area contributed by atoms with Gasteiger partial charge in [-0.3, -0.25) is 0 Å². The van der Waals surface area contributed by atoms with Crippen LogP contribution in [-0.2, 0) is 14.3 Å². The number of hydrogen-bond acceptors (Lipinski definition) is 3. The van der Waals surface area contributed by atoms with Crippen molar-refractivity contribution in [3.63, 3.8) is 0 Å². The first kappa shape index (κ1) is 10.3. The second-order valence-electron chi connectivity index (χ2n) is 3.52. The lowest BCUT2D eigenvalue weighted by molar-refractivity contribution is -0.142. The predicted molar refractivity (Wildman–Crippen MR) is 49.3 cm³/mol. The zero-order chi connectivity index (χ0) is 9.84. The van der Waals surface area contributed by atoms with E-state index < -0.39 is 0 Å². The van der Waals surface area contributed by atoms with Crippen molar-refractivity contribution in [2.75, 3.05) is 6.61 Å². The SMILES string of the molecule is C=C(C)C(=O)OCC1CCC(C)O1. The second-order valence-corrected chi connectivity index (χ2v) is 3.52. The summed E-state index contributed by atoms with van der Waals surface area (Å²) >= 11 is 0. The average Bonchev–Trinajstić information content (AvgIpc) is 2.47. The summed E-state index contributed by atoms with van der Waals surface area (Å²) < 4.78 is 10.5. The molecule has 1 fully saturated rings. The lowest BCUT2D eigenvalue weighted by Crippen LogP contribution is -2.19. The van der Waals surface area contributed by atoms with Crippen LogP contribution in [0.4, 0.5) is 0 Å². The molecule has 0 aromatic carbocycles. The summed E-state index contributed by atoms with van der Waals surface area (Å²) in [6.45, 7) is 7.52. The topological polar surface area (TPSA) is 35.5 Å². The monoisotopic (exact) mass is 184 g/mol. The Morgan fingerprint density at radius 3 is 2.77 bits per heavy atom. The molecule has 2 unspecified atom stereocenters. The van der Waals surface area contributed by atoms with Gasteiger partial charge in [0.15, 0.2) is 0 Å². The van der Waals surface area contributed by atoms with Gasteiger partial charge in [0.05, 0.1) is 12.2 Å². The van der Waals surface area contributed by atoms with Gasteiger partial charge in [0.25, 0.3) is 0 Å². The molecule has 0 saturated carbocycles. The fourth-order valence-corrected chi connectivity index (χ4v) is 1.30. The van der Waals surface area contributed by atoms with Crippen molar-refractivity contribution in [1.82, 2.24) is 0 Å². The van der Waals surface area contributed by atoms with Crippen molar-refractivity contribution < 1.29 is 14.3 Å². The van der Waals surface area contributed by atoms with Crippen LogP contribution in [0.15, 0.2) is 12.2 Å². The van der Waals surface area contributed by atoms with Crippen LogP contribution in [0.1, 0.15) is 26.7 Å². The van der Waals surface area contributed by atoms with E-state index in [-0.39, 0.29) is 12.1 Å². The Labute approximate surface area is 78.7 Å². The fourth-order valence-electron chi connectivity index (χ4n) is 1.30. The largest absolute Gasteiger partial charge is 0.460 e. The van der Waals surface area contributed by atoms with Crippen LogP contribution < -0.4 is 0 Å². The molecule has 0 radical (unpaired) electrons. The lowest BCUT2D eigenvalue weighted by Gasteiger charge is -2.11. The van der Waals surface area contributed by atoms with Crippen molar-refractivity contribution in [2.24, 2.45) is 0 Å². The van der Waals surface area contributed by atoms with Gasteiger partial charge in [0.1, 0.15) is 6.61 Å². The minimum absolute atomic E-state index is 0.0818. The van der Waals surface area contributed by atoms with Crippen LogP contribution in [-0.4, -0.2) is 24.8 Å². The van der Waals surface area contributed by atoms with E-state index in [1.165, 1.54) is 0 Å². The third-order valence-corrected chi connectivity index (χ3v) is 2.07. The summed E-state index contributed by atoms with van der Waals surface area (Å²) in [6.07, 6.45) is 2.41. The normalized spacial score (nSPS) is 27.2. The first-order valence-corrected chi connectivity index (χ1v) is 4.57. The Morgan fingerprint density at radius 2 is 2.31 bits per heavy atom. The van der Waals surface area contributed by atoms with Crippen LogP contribution in [0.3, 0.4) is 0 Å². The van der Waals surface area contributed by atoms with E-state index in [4.69, 9.17) is 9.47 Å². The third kappa shape index (κ3) is 3.19. The number of rotatable bonds is 3. The van der Waals surface area contributed by atoms with E-state index in [0.717, 1.165) is 12.8 Å². The Morgan fingerprint density at radius 1 is 1.62 bits per heavy atom. The smallest absolute Gasteiger partial charge is 0.333 e. The molecule has 1 aliphatic heterocycles. The number of carbonyl (C=O) groups excluding carboxylic acids is 1. The molecule has 0 amide bonds. The van der Waals surface area contributed by atoms with Gasteiger partial charge in [-0.1, -0.05) is 6.58 Å². The van der Waals surface area contributed by atoms with Gasteiger partial charge in [0.2, 0.25) is 0 Å². The molecule has 0 aromatic rings. The molecule has 1 rings (SSSR count). The highest BCUT2D eigenvalue weighted by Gasteiger charge is 2.22. The summed E-state index contributed by atoms with van der Waals surface area (Å²) in [6, 6.07) is 0. The van der Waals surface area contributed by atoms with Crippen molar-refractivity contribution in [1.29, 1.82) is 0 Å². The maximum atomic E-state index is 11.0. The molecule has 1 heterocycles. The van der Waals surface area contributed by atoms with Gasteiger partial charge in [0, 0.05) is 5.57 Å². The zero-order valence-electron chi connectivity index (χ0n) is 8.21. The van der Waals surface area contributed by atoms with Gasteiger partial charge in [-0.25, -0.2) is 4.79 Å². The number of esters is 1. The highest BCUT2D eigenvalue weighted by atomic mass is 16.6. The Bertz CT molecular complexity index is 210. The minimum Gasteiger partial charge on any atom is -0.460 e. The first-order valence-electron chi connectivity index (χ1n) is 4.57. The number of ether oxygens (including phenoxy) is 2. The van der Waals surface area contributed by atoms with Gasteiger partial charge >= 0.3 is 5.97 Å². The van der Waals surface area contributed by atoms with E-state index in [2.05, 4.69) is 6.58 Å². The quantitative estimate of drug-likeness (QED) is 0.494. The third-order valence-electron chi connectivity index (χ3n) is 2.07. The maximum absolute atomic E-state index is 11.0. The molecule has 0 aliphatic carbocycles. The number of hydrogen-bond donors (Lipinski definition) is 0. The summed E-state index contributed by atoms with van der Waals surface area (Å²) in [5.41, 5.74) is 0.436. The van der Waals surface area contributed by atoms with Crippen molar-refractivity contribution >= 4 is 5.97 Å². The molecule has 1 saturated heterocycles. The van der Waals surface area contributed by atoms with Crippen LogP contribution in [0.5, 0.6) is 0 Å². The first-order chi connectivity index (χ1) is 6.09. The van der Waals surface area contributed by atoms with E-state index in [0.29, 0.717) is 18.3 Å². The van der Waals surface area contributed by atoms with E-state index in [1.807, 2.05) is 6.92 Å². The Balaban J connectivity index is 2.20. The van der Waals surface area contributed by atoms with Gasteiger partial charge in [-0.15, -0.1) is 0 Å². The highest BCUT2D eigenvalue weighted by molar-refractivity contribution is 5.86. The van der Waals surface area contributed by atoms with Crippen molar-refractivity contribution in [2.45, 2.75) is 38.9 Å². The Kier molecular flexibility index (Phi) is 3.48.